The number of ether oxygens (including phenoxy) is 1. The molecule has 0 saturated heterocycles. The second-order valence-electron chi connectivity index (χ2n) is 4.79. The Kier molecular flexibility index (Phi) is 7.84. The molecule has 0 aliphatic rings. The van der Waals surface area contributed by atoms with E-state index in [1.54, 1.807) is 18.2 Å². The summed E-state index contributed by atoms with van der Waals surface area (Å²) in [6, 6.07) is 5.71. The lowest BCUT2D eigenvalue weighted by molar-refractivity contribution is -0.136. The number of rotatable bonds is 9. The van der Waals surface area contributed by atoms with Crippen LogP contribution in [0, 0.1) is 5.92 Å². The van der Waals surface area contributed by atoms with E-state index in [4.69, 9.17) is 10.5 Å². The molecule has 5 heteroatoms. The van der Waals surface area contributed by atoms with E-state index in [2.05, 4.69) is 11.9 Å². The Balaban J connectivity index is 2.74. The second-order valence-corrected chi connectivity index (χ2v) is 4.79. The molecule has 0 saturated carbocycles. The third-order valence-electron chi connectivity index (χ3n) is 3.23. The standard InChI is InChI=1S/C15H25N3O2/c1-3-6-13(11-16)15(19)18(9-10-20-2)12-14-7-4-5-8-17-14/h4-5,7-8,13H,3,6,9-12,16H2,1-2H3. The summed E-state index contributed by atoms with van der Waals surface area (Å²) in [5, 5.41) is 0. The summed E-state index contributed by atoms with van der Waals surface area (Å²) in [5.41, 5.74) is 6.60. The van der Waals surface area contributed by atoms with Gasteiger partial charge in [0, 0.05) is 26.4 Å². The van der Waals surface area contributed by atoms with E-state index in [-0.39, 0.29) is 11.8 Å². The molecule has 0 aliphatic carbocycles. The molecule has 1 aromatic rings. The Morgan fingerprint density at radius 3 is 2.85 bits per heavy atom. The maximum absolute atomic E-state index is 12.5. The summed E-state index contributed by atoms with van der Waals surface area (Å²) in [6.45, 7) is 4.03. The summed E-state index contributed by atoms with van der Waals surface area (Å²) in [4.78, 5) is 18.6. The van der Waals surface area contributed by atoms with Crippen molar-refractivity contribution < 1.29 is 9.53 Å². The Labute approximate surface area is 121 Å². The third-order valence-corrected chi connectivity index (χ3v) is 3.23. The summed E-state index contributed by atoms with van der Waals surface area (Å²) in [5.74, 6) is -0.0161. The topological polar surface area (TPSA) is 68.5 Å². The van der Waals surface area contributed by atoms with Crippen molar-refractivity contribution in [1.29, 1.82) is 0 Å². The first-order valence-corrected chi connectivity index (χ1v) is 7.10. The second kappa shape index (κ2) is 9.44. The van der Waals surface area contributed by atoms with Crippen LogP contribution in [-0.2, 0) is 16.1 Å². The van der Waals surface area contributed by atoms with Gasteiger partial charge in [-0.15, -0.1) is 0 Å². The van der Waals surface area contributed by atoms with Crippen molar-refractivity contribution in [1.82, 2.24) is 9.88 Å². The van der Waals surface area contributed by atoms with Gasteiger partial charge in [-0.3, -0.25) is 9.78 Å². The normalized spacial score (nSPS) is 12.2. The van der Waals surface area contributed by atoms with E-state index >= 15 is 0 Å². The van der Waals surface area contributed by atoms with Crippen LogP contribution in [-0.4, -0.2) is 42.6 Å². The lowest BCUT2D eigenvalue weighted by Gasteiger charge is -2.26. The molecule has 1 heterocycles. The van der Waals surface area contributed by atoms with Gasteiger partial charge < -0.3 is 15.4 Å². The van der Waals surface area contributed by atoms with Crippen molar-refractivity contribution in [2.24, 2.45) is 11.7 Å². The average Bonchev–Trinajstić information content (AvgIpc) is 2.49. The highest BCUT2D eigenvalue weighted by molar-refractivity contribution is 5.79. The van der Waals surface area contributed by atoms with Crippen molar-refractivity contribution in [3.8, 4) is 0 Å². The van der Waals surface area contributed by atoms with Crippen molar-refractivity contribution >= 4 is 5.91 Å². The number of hydrogen-bond donors (Lipinski definition) is 1. The summed E-state index contributed by atoms with van der Waals surface area (Å²) < 4.78 is 5.09. The van der Waals surface area contributed by atoms with Crippen LogP contribution in [0.3, 0.4) is 0 Å². The molecule has 2 N–H and O–H groups in total. The fourth-order valence-electron chi connectivity index (χ4n) is 2.10. The number of pyridine rings is 1. The lowest BCUT2D eigenvalue weighted by atomic mass is 10.0. The number of nitrogens with zero attached hydrogens (tertiary/aromatic N) is 2. The largest absolute Gasteiger partial charge is 0.383 e. The first-order valence-electron chi connectivity index (χ1n) is 7.10. The monoisotopic (exact) mass is 279 g/mol. The summed E-state index contributed by atoms with van der Waals surface area (Å²) >= 11 is 0. The molecule has 1 aromatic heterocycles. The van der Waals surface area contributed by atoms with E-state index in [1.807, 2.05) is 18.2 Å². The van der Waals surface area contributed by atoms with Gasteiger partial charge in [-0.1, -0.05) is 19.4 Å². The number of nitrogens with two attached hydrogens (primary N) is 1. The molecule has 112 valence electrons. The van der Waals surface area contributed by atoms with Crippen molar-refractivity contribution in [3.05, 3.63) is 30.1 Å². The summed E-state index contributed by atoms with van der Waals surface area (Å²) in [7, 11) is 1.63. The zero-order chi connectivity index (χ0) is 14.8. The van der Waals surface area contributed by atoms with Crippen LogP contribution in [0.15, 0.2) is 24.4 Å². The minimum Gasteiger partial charge on any atom is -0.383 e. The molecule has 0 aliphatic heterocycles. The van der Waals surface area contributed by atoms with Crippen LogP contribution in [0.25, 0.3) is 0 Å². The van der Waals surface area contributed by atoms with Crippen LogP contribution in [0.2, 0.25) is 0 Å². The fourth-order valence-corrected chi connectivity index (χ4v) is 2.10. The maximum atomic E-state index is 12.5. The Morgan fingerprint density at radius 1 is 1.50 bits per heavy atom. The number of hydrogen-bond acceptors (Lipinski definition) is 4. The van der Waals surface area contributed by atoms with E-state index in [0.717, 1.165) is 18.5 Å². The van der Waals surface area contributed by atoms with Gasteiger partial charge in [0.2, 0.25) is 5.91 Å². The molecule has 20 heavy (non-hydrogen) atoms. The van der Waals surface area contributed by atoms with Crippen molar-refractivity contribution in [3.63, 3.8) is 0 Å². The van der Waals surface area contributed by atoms with Crippen LogP contribution in [0.4, 0.5) is 0 Å². The Bertz CT molecular complexity index is 384. The molecule has 0 spiro atoms. The van der Waals surface area contributed by atoms with Crippen LogP contribution >= 0.6 is 0 Å². The first kappa shape index (κ1) is 16.6. The van der Waals surface area contributed by atoms with Crippen molar-refractivity contribution in [2.75, 3.05) is 26.8 Å². The molecular weight excluding hydrogens is 254 g/mol. The van der Waals surface area contributed by atoms with E-state index in [0.29, 0.717) is 26.2 Å². The highest BCUT2D eigenvalue weighted by atomic mass is 16.5. The molecule has 0 aromatic carbocycles. The van der Waals surface area contributed by atoms with Crippen LogP contribution < -0.4 is 5.73 Å². The average molecular weight is 279 g/mol. The zero-order valence-corrected chi connectivity index (χ0v) is 12.4. The minimum atomic E-state index is -0.111. The van der Waals surface area contributed by atoms with Crippen LogP contribution in [0.1, 0.15) is 25.5 Å². The lowest BCUT2D eigenvalue weighted by Crippen LogP contribution is -2.40. The molecule has 1 unspecified atom stereocenters. The van der Waals surface area contributed by atoms with Gasteiger partial charge in [-0.2, -0.15) is 0 Å². The highest BCUT2D eigenvalue weighted by Gasteiger charge is 2.22. The minimum absolute atomic E-state index is 0.0945. The number of aromatic nitrogens is 1. The van der Waals surface area contributed by atoms with Gasteiger partial charge in [-0.05, 0) is 18.6 Å². The molecule has 1 amide bonds. The Hall–Kier alpha value is -1.46. The Morgan fingerprint density at radius 2 is 2.30 bits per heavy atom. The van der Waals surface area contributed by atoms with Gasteiger partial charge in [-0.25, -0.2) is 0 Å². The molecule has 1 atom stereocenters. The molecular formula is C15H25N3O2. The molecule has 0 bridgehead atoms. The fraction of sp³-hybridized carbons (Fsp3) is 0.600. The maximum Gasteiger partial charge on any atom is 0.227 e. The molecule has 0 radical (unpaired) electrons. The number of carbonyl (C=O) groups is 1. The molecule has 1 rings (SSSR count). The van der Waals surface area contributed by atoms with Gasteiger partial charge in [0.05, 0.1) is 24.8 Å². The van der Waals surface area contributed by atoms with Crippen molar-refractivity contribution in [2.45, 2.75) is 26.3 Å². The van der Waals surface area contributed by atoms with Gasteiger partial charge in [0.1, 0.15) is 0 Å². The molecule has 0 fully saturated rings. The predicted molar refractivity (Wildman–Crippen MR) is 79.0 cm³/mol. The van der Waals surface area contributed by atoms with Gasteiger partial charge >= 0.3 is 0 Å². The highest BCUT2D eigenvalue weighted by Crippen LogP contribution is 2.12. The molecule has 5 nitrogen and oxygen atoms in total. The number of amides is 1. The quantitative estimate of drug-likeness (QED) is 0.742. The van der Waals surface area contributed by atoms with Crippen LogP contribution in [0.5, 0.6) is 0 Å². The van der Waals surface area contributed by atoms with Gasteiger partial charge in [0.25, 0.3) is 0 Å². The van der Waals surface area contributed by atoms with E-state index < -0.39 is 0 Å². The zero-order valence-electron chi connectivity index (χ0n) is 12.4. The summed E-state index contributed by atoms with van der Waals surface area (Å²) in [6.07, 6.45) is 3.51. The number of methoxy groups -OCH3 is 1. The van der Waals surface area contributed by atoms with E-state index in [9.17, 15) is 4.79 Å². The first-order chi connectivity index (χ1) is 9.72. The predicted octanol–water partition coefficient (Wildman–Crippen LogP) is 1.43. The smallest absolute Gasteiger partial charge is 0.227 e. The van der Waals surface area contributed by atoms with Gasteiger partial charge in [0.15, 0.2) is 0 Å². The third kappa shape index (κ3) is 5.27. The SMILES string of the molecule is CCCC(CN)C(=O)N(CCOC)Cc1ccccn1. The van der Waals surface area contributed by atoms with E-state index in [1.165, 1.54) is 0 Å². The number of carbonyl (C=O) groups excluding carboxylic acids is 1.